The van der Waals surface area contributed by atoms with Crippen molar-refractivity contribution in [3.8, 4) is 0 Å². The molecule has 0 aromatic carbocycles. The third-order valence-electron chi connectivity index (χ3n) is 2.02. The van der Waals surface area contributed by atoms with Gasteiger partial charge in [0.05, 0.1) is 5.56 Å². The second-order valence-corrected chi connectivity index (χ2v) is 3.31. The smallest absolute Gasteiger partial charge is 0.134 e. The van der Waals surface area contributed by atoms with Gasteiger partial charge in [0.2, 0.25) is 0 Å². The minimum atomic E-state index is 0.320. The molecule has 0 amide bonds. The van der Waals surface area contributed by atoms with Crippen LogP contribution >= 0.6 is 0 Å². The summed E-state index contributed by atoms with van der Waals surface area (Å²) in [7, 11) is 0. The lowest BCUT2D eigenvalue weighted by atomic mass is 10.3. The summed E-state index contributed by atoms with van der Waals surface area (Å²) in [5.41, 5.74) is 12.4. The van der Waals surface area contributed by atoms with Gasteiger partial charge in [0.1, 0.15) is 11.7 Å². The summed E-state index contributed by atoms with van der Waals surface area (Å²) in [5, 5.41) is 0. The predicted octanol–water partition coefficient (Wildman–Crippen LogP) is 1.50. The molecule has 1 heterocycles. The minimum absolute atomic E-state index is 0.320. The Hall–Kier alpha value is -1.71. The molecule has 1 aromatic heterocycles. The largest absolute Gasteiger partial charge is 0.384 e. The molecule has 1 rings (SSSR count). The molecular weight excluding hydrogens is 176 g/mol. The highest BCUT2D eigenvalue weighted by Crippen LogP contribution is 2.18. The maximum atomic E-state index is 5.90. The summed E-state index contributed by atoms with van der Waals surface area (Å²) in [6.45, 7) is 7.60. The zero-order chi connectivity index (χ0) is 10.7. The monoisotopic (exact) mass is 192 g/mol. The van der Waals surface area contributed by atoms with Crippen molar-refractivity contribution < 1.29 is 0 Å². The summed E-state index contributed by atoms with van der Waals surface area (Å²) in [5.74, 6) is 1.04. The van der Waals surface area contributed by atoms with Crippen LogP contribution in [-0.4, -0.2) is 10.4 Å². The molecule has 4 nitrogen and oxygen atoms in total. The molecule has 0 bridgehead atoms. The minimum Gasteiger partial charge on any atom is -0.384 e. The van der Waals surface area contributed by atoms with Crippen molar-refractivity contribution in [3.05, 3.63) is 30.6 Å². The Morgan fingerprint density at radius 1 is 1.64 bits per heavy atom. The van der Waals surface area contributed by atoms with Crippen molar-refractivity contribution in [2.24, 2.45) is 10.7 Å². The Kier molecular flexibility index (Phi) is 2.96. The van der Waals surface area contributed by atoms with Gasteiger partial charge < -0.3 is 16.0 Å². The summed E-state index contributed by atoms with van der Waals surface area (Å²) < 4.78 is 1.95. The average molecular weight is 192 g/mol. The Balaban J connectivity index is 3.13. The molecule has 0 fully saturated rings. The lowest BCUT2D eigenvalue weighted by Crippen LogP contribution is -2.15. The summed E-state index contributed by atoms with van der Waals surface area (Å²) >= 11 is 0. The summed E-state index contributed by atoms with van der Waals surface area (Å²) in [6.07, 6.45) is 3.31. The zero-order valence-electron chi connectivity index (χ0n) is 8.57. The van der Waals surface area contributed by atoms with E-state index in [1.165, 1.54) is 6.20 Å². The maximum Gasteiger partial charge on any atom is 0.134 e. The van der Waals surface area contributed by atoms with E-state index < -0.39 is 0 Å². The highest BCUT2D eigenvalue weighted by atomic mass is 15.1. The van der Waals surface area contributed by atoms with E-state index in [1.54, 1.807) is 0 Å². The fourth-order valence-corrected chi connectivity index (χ4v) is 1.29. The van der Waals surface area contributed by atoms with Crippen molar-refractivity contribution in [3.63, 3.8) is 0 Å². The van der Waals surface area contributed by atoms with Crippen LogP contribution in [0.3, 0.4) is 0 Å². The first kappa shape index (κ1) is 10.4. The van der Waals surface area contributed by atoms with Gasteiger partial charge in [-0.25, -0.2) is 4.99 Å². The summed E-state index contributed by atoms with van der Waals surface area (Å²) in [6, 6.07) is 2.18. The quantitative estimate of drug-likeness (QED) is 0.563. The van der Waals surface area contributed by atoms with Crippen LogP contribution in [0.5, 0.6) is 0 Å². The molecule has 76 valence electrons. The average Bonchev–Trinajstić information content (AvgIpc) is 2.47. The molecule has 0 aliphatic heterocycles. The number of nitrogens with two attached hydrogens (primary N) is 2. The standard InChI is InChI=1S/C10H16N4/c1-4-13-9(11)8-5-6-14(7(2)3)10(8)12/h4-7H,1,12H2,2-3H3,(H2,11,13). The lowest BCUT2D eigenvalue weighted by Gasteiger charge is -2.10. The molecule has 14 heavy (non-hydrogen) atoms. The molecule has 0 saturated carbocycles. The van der Waals surface area contributed by atoms with Gasteiger partial charge in [0, 0.05) is 18.4 Å². The second-order valence-electron chi connectivity index (χ2n) is 3.31. The van der Waals surface area contributed by atoms with E-state index in [4.69, 9.17) is 11.5 Å². The van der Waals surface area contributed by atoms with Crippen molar-refractivity contribution in [2.75, 3.05) is 5.73 Å². The Morgan fingerprint density at radius 2 is 2.29 bits per heavy atom. The molecule has 4 heteroatoms. The van der Waals surface area contributed by atoms with E-state index in [9.17, 15) is 0 Å². The van der Waals surface area contributed by atoms with Gasteiger partial charge in [-0.15, -0.1) is 0 Å². The number of rotatable bonds is 3. The maximum absolute atomic E-state index is 5.90. The molecule has 4 N–H and O–H groups in total. The first-order chi connectivity index (χ1) is 6.57. The number of nitrogen functional groups attached to an aromatic ring is 1. The van der Waals surface area contributed by atoms with Gasteiger partial charge in [0.25, 0.3) is 0 Å². The third-order valence-corrected chi connectivity index (χ3v) is 2.02. The Morgan fingerprint density at radius 3 is 2.71 bits per heavy atom. The molecule has 0 atom stereocenters. The number of nitrogens with zero attached hydrogens (tertiary/aromatic N) is 2. The number of aromatic nitrogens is 1. The highest BCUT2D eigenvalue weighted by molar-refractivity contribution is 6.01. The van der Waals surface area contributed by atoms with Gasteiger partial charge in [-0.05, 0) is 19.9 Å². The molecule has 0 spiro atoms. The highest BCUT2D eigenvalue weighted by Gasteiger charge is 2.10. The van der Waals surface area contributed by atoms with Crippen LogP contribution < -0.4 is 11.5 Å². The molecule has 1 aromatic rings. The number of hydrogen-bond donors (Lipinski definition) is 2. The van der Waals surface area contributed by atoms with E-state index in [2.05, 4.69) is 25.4 Å². The molecule has 0 aliphatic carbocycles. The summed E-state index contributed by atoms with van der Waals surface area (Å²) in [4.78, 5) is 3.89. The third kappa shape index (κ3) is 1.79. The molecule has 0 unspecified atom stereocenters. The normalized spacial score (nSPS) is 12.1. The first-order valence-electron chi connectivity index (χ1n) is 4.48. The van der Waals surface area contributed by atoms with Crippen molar-refractivity contribution in [1.82, 2.24) is 4.57 Å². The van der Waals surface area contributed by atoms with E-state index in [0.29, 0.717) is 17.7 Å². The van der Waals surface area contributed by atoms with Crippen LogP contribution in [-0.2, 0) is 0 Å². The van der Waals surface area contributed by atoms with E-state index in [1.807, 2.05) is 16.8 Å². The number of amidine groups is 1. The van der Waals surface area contributed by atoms with Crippen LogP contribution in [0.2, 0.25) is 0 Å². The van der Waals surface area contributed by atoms with Gasteiger partial charge in [0.15, 0.2) is 0 Å². The van der Waals surface area contributed by atoms with Gasteiger partial charge in [-0.1, -0.05) is 6.58 Å². The van der Waals surface area contributed by atoms with Crippen molar-refractivity contribution >= 4 is 11.7 Å². The Bertz CT molecular complexity index is 360. The van der Waals surface area contributed by atoms with Crippen LogP contribution in [0, 0.1) is 0 Å². The van der Waals surface area contributed by atoms with Gasteiger partial charge in [-0.3, -0.25) is 0 Å². The number of anilines is 1. The van der Waals surface area contributed by atoms with E-state index in [0.717, 1.165) is 5.56 Å². The molecular formula is C10H16N4. The van der Waals surface area contributed by atoms with Crippen molar-refractivity contribution in [2.45, 2.75) is 19.9 Å². The molecule has 0 radical (unpaired) electrons. The van der Waals surface area contributed by atoms with Crippen molar-refractivity contribution in [1.29, 1.82) is 0 Å². The predicted molar refractivity (Wildman–Crippen MR) is 60.2 cm³/mol. The van der Waals surface area contributed by atoms with Crippen LogP contribution in [0.1, 0.15) is 25.5 Å². The zero-order valence-corrected chi connectivity index (χ0v) is 8.57. The molecule has 0 aliphatic rings. The van der Waals surface area contributed by atoms with Gasteiger partial charge >= 0.3 is 0 Å². The SMILES string of the molecule is C=CN=C(N)c1ccn(C(C)C)c1N. The lowest BCUT2D eigenvalue weighted by molar-refractivity contribution is 0.612. The fraction of sp³-hybridized carbons (Fsp3) is 0.300. The number of hydrogen-bond acceptors (Lipinski definition) is 2. The number of aliphatic imine (C=N–C) groups is 1. The fourth-order valence-electron chi connectivity index (χ4n) is 1.29. The first-order valence-corrected chi connectivity index (χ1v) is 4.48. The van der Waals surface area contributed by atoms with Crippen LogP contribution in [0.15, 0.2) is 30.0 Å². The molecule has 0 saturated heterocycles. The Labute approximate surface area is 83.9 Å². The van der Waals surface area contributed by atoms with Gasteiger partial charge in [-0.2, -0.15) is 0 Å². The van der Waals surface area contributed by atoms with E-state index >= 15 is 0 Å². The van der Waals surface area contributed by atoms with Crippen LogP contribution in [0.4, 0.5) is 5.82 Å². The second kappa shape index (κ2) is 4.00. The van der Waals surface area contributed by atoms with Crippen LogP contribution in [0.25, 0.3) is 0 Å². The van der Waals surface area contributed by atoms with E-state index in [-0.39, 0.29) is 0 Å². The topological polar surface area (TPSA) is 69.3 Å².